The van der Waals surface area contributed by atoms with Crippen LogP contribution in [-0.2, 0) is 16.0 Å². The van der Waals surface area contributed by atoms with E-state index in [2.05, 4.69) is 16.2 Å². The summed E-state index contributed by atoms with van der Waals surface area (Å²) in [6.45, 7) is 3.45. The van der Waals surface area contributed by atoms with Crippen LogP contribution in [-0.4, -0.2) is 83.8 Å². The largest absolute Gasteiger partial charge is 0.535 e. The fourth-order valence-electron chi connectivity index (χ4n) is 4.41. The topological polar surface area (TPSA) is 175 Å². The van der Waals surface area contributed by atoms with Crippen molar-refractivity contribution in [2.75, 3.05) is 26.2 Å². The van der Waals surface area contributed by atoms with Crippen LogP contribution in [0.5, 0.6) is 11.5 Å². The Hall–Kier alpha value is -2.87. The lowest BCUT2D eigenvalue weighted by molar-refractivity contribution is -0.133. The number of carbonyl (C=O) groups excluding carboxylic acids is 2. The fourth-order valence-corrected chi connectivity index (χ4v) is 4.41. The van der Waals surface area contributed by atoms with Gasteiger partial charge in [-0.2, -0.15) is 0 Å². The number of carbonyl (C=O) groups is 3. The maximum absolute atomic E-state index is 12.5. The maximum Gasteiger partial charge on any atom is 0.522 e. The SMILES string of the molecule is CC(N)(CN1CC(Oc2ccc3c(c2C(=O)O)OB(O)CC3)C1)C(=O)NNC(=O)[C@@H]1CCCN1. The molecule has 2 fully saturated rings. The molecule has 0 bridgehead atoms. The summed E-state index contributed by atoms with van der Waals surface area (Å²) in [5.41, 5.74) is 10.3. The number of nitrogens with two attached hydrogens (primary N) is 1. The number of likely N-dealkylation sites (tertiary alicyclic amines) is 1. The first-order chi connectivity index (χ1) is 16.1. The summed E-state index contributed by atoms with van der Waals surface area (Å²) in [5, 5.41) is 22.5. The molecule has 4 rings (SSSR count). The van der Waals surface area contributed by atoms with E-state index in [4.69, 9.17) is 15.1 Å². The molecule has 2 saturated heterocycles. The zero-order valence-corrected chi connectivity index (χ0v) is 19.0. The number of carboxylic acids is 1. The number of hydrogen-bond acceptors (Lipinski definition) is 9. The van der Waals surface area contributed by atoms with E-state index in [9.17, 15) is 24.5 Å². The Labute approximate surface area is 197 Å². The third kappa shape index (κ3) is 5.27. The van der Waals surface area contributed by atoms with E-state index in [0.29, 0.717) is 31.4 Å². The van der Waals surface area contributed by atoms with Gasteiger partial charge in [0.25, 0.3) is 11.8 Å². The van der Waals surface area contributed by atoms with Crippen LogP contribution in [0.4, 0.5) is 0 Å². The Balaban J connectivity index is 1.29. The molecule has 2 amide bonds. The van der Waals surface area contributed by atoms with E-state index in [1.807, 2.05) is 4.90 Å². The normalized spacial score (nSPS) is 22.1. The van der Waals surface area contributed by atoms with Crippen molar-refractivity contribution in [2.45, 2.75) is 50.2 Å². The third-order valence-electron chi connectivity index (χ3n) is 6.29. The minimum absolute atomic E-state index is 0.106. The molecule has 0 radical (unpaired) electrons. The van der Waals surface area contributed by atoms with Gasteiger partial charge >= 0.3 is 13.1 Å². The number of aryl methyl sites for hydroxylation is 1. The smallest absolute Gasteiger partial charge is 0.522 e. The average Bonchev–Trinajstić information content (AvgIpc) is 3.30. The summed E-state index contributed by atoms with van der Waals surface area (Å²) in [6, 6.07) is 3.04. The minimum atomic E-state index is -1.26. The summed E-state index contributed by atoms with van der Waals surface area (Å²) in [7, 11) is -1.05. The molecule has 34 heavy (non-hydrogen) atoms. The van der Waals surface area contributed by atoms with Crippen LogP contribution >= 0.6 is 0 Å². The van der Waals surface area contributed by atoms with Crippen LogP contribution in [0.3, 0.4) is 0 Å². The first-order valence-corrected chi connectivity index (χ1v) is 11.4. The highest BCUT2D eigenvalue weighted by molar-refractivity contribution is 6.44. The van der Waals surface area contributed by atoms with E-state index in [1.165, 1.54) is 0 Å². The molecule has 0 saturated carbocycles. The van der Waals surface area contributed by atoms with Gasteiger partial charge in [-0.25, -0.2) is 4.79 Å². The molecule has 1 unspecified atom stereocenters. The number of amides is 2. The van der Waals surface area contributed by atoms with Crippen LogP contribution < -0.4 is 31.3 Å². The molecule has 1 aromatic rings. The zero-order chi connectivity index (χ0) is 24.5. The van der Waals surface area contributed by atoms with Crippen molar-refractivity contribution in [2.24, 2.45) is 5.73 Å². The number of nitrogens with one attached hydrogen (secondary N) is 3. The molecule has 2 atom stereocenters. The number of fused-ring (bicyclic) bond motifs is 1. The number of hydrogen-bond donors (Lipinski definition) is 6. The molecule has 13 heteroatoms. The fraction of sp³-hybridized carbons (Fsp3) is 0.571. The first kappa shape index (κ1) is 24.3. The van der Waals surface area contributed by atoms with Gasteiger partial charge in [-0.15, -0.1) is 0 Å². The molecule has 184 valence electrons. The number of ether oxygens (including phenoxy) is 1. The summed E-state index contributed by atoms with van der Waals surface area (Å²) in [4.78, 5) is 38.3. The van der Waals surface area contributed by atoms with Crippen LogP contribution in [0.2, 0.25) is 6.32 Å². The number of rotatable bonds is 7. The Bertz CT molecular complexity index is 963. The molecule has 12 nitrogen and oxygen atoms in total. The summed E-state index contributed by atoms with van der Waals surface area (Å²) >= 11 is 0. The van der Waals surface area contributed by atoms with E-state index in [-0.39, 0.29) is 41.7 Å². The van der Waals surface area contributed by atoms with Gasteiger partial charge in [0, 0.05) is 19.6 Å². The van der Waals surface area contributed by atoms with Gasteiger partial charge in [-0.1, -0.05) is 6.07 Å². The van der Waals surface area contributed by atoms with Crippen molar-refractivity contribution in [3.8, 4) is 11.5 Å². The lowest BCUT2D eigenvalue weighted by atomic mass is 9.78. The van der Waals surface area contributed by atoms with E-state index in [0.717, 1.165) is 19.4 Å². The number of carboxylic acid groups (broad SMARTS) is 1. The van der Waals surface area contributed by atoms with Crippen molar-refractivity contribution in [1.29, 1.82) is 0 Å². The van der Waals surface area contributed by atoms with Crippen molar-refractivity contribution in [3.05, 3.63) is 23.3 Å². The van der Waals surface area contributed by atoms with E-state index < -0.39 is 24.5 Å². The van der Waals surface area contributed by atoms with Gasteiger partial charge in [0.05, 0.1) is 6.04 Å². The third-order valence-corrected chi connectivity index (χ3v) is 6.29. The second-order valence-corrected chi connectivity index (χ2v) is 9.29. The predicted octanol–water partition coefficient (Wildman–Crippen LogP) is -1.52. The molecule has 1 aromatic carbocycles. The molecular weight excluding hydrogens is 445 g/mol. The second-order valence-electron chi connectivity index (χ2n) is 9.29. The zero-order valence-electron chi connectivity index (χ0n) is 19.0. The lowest BCUT2D eigenvalue weighted by Gasteiger charge is -2.42. The van der Waals surface area contributed by atoms with Gasteiger partial charge in [0.1, 0.15) is 28.7 Å². The summed E-state index contributed by atoms with van der Waals surface area (Å²) < 4.78 is 11.3. The molecule has 0 spiro atoms. The van der Waals surface area contributed by atoms with E-state index >= 15 is 0 Å². The number of hydrazine groups is 1. The summed E-state index contributed by atoms with van der Waals surface area (Å²) in [6.07, 6.45) is 2.25. The highest BCUT2D eigenvalue weighted by atomic mass is 16.5. The minimum Gasteiger partial charge on any atom is -0.535 e. The Morgan fingerprint density at radius 2 is 2.12 bits per heavy atom. The predicted molar refractivity (Wildman–Crippen MR) is 121 cm³/mol. The quantitative estimate of drug-likeness (QED) is 0.201. The first-order valence-electron chi connectivity index (χ1n) is 11.4. The molecule has 0 aromatic heterocycles. The van der Waals surface area contributed by atoms with Crippen molar-refractivity contribution in [1.82, 2.24) is 21.1 Å². The molecule has 7 N–H and O–H groups in total. The molecular formula is C21H30BN5O7. The number of benzene rings is 1. The molecule has 3 aliphatic rings. The van der Waals surface area contributed by atoms with Crippen LogP contribution in [0.1, 0.15) is 35.7 Å². The Kier molecular flexibility index (Phi) is 6.98. The molecule has 3 aliphatic heterocycles. The number of aromatic carboxylic acids is 1. The van der Waals surface area contributed by atoms with Crippen molar-refractivity contribution >= 4 is 24.9 Å². The van der Waals surface area contributed by atoms with Gasteiger partial charge in [0.15, 0.2) is 0 Å². The Morgan fingerprint density at radius 1 is 1.35 bits per heavy atom. The van der Waals surface area contributed by atoms with Crippen molar-refractivity contribution < 1.29 is 33.9 Å². The molecule has 0 aliphatic carbocycles. The van der Waals surface area contributed by atoms with Crippen LogP contribution in [0, 0.1) is 0 Å². The van der Waals surface area contributed by atoms with Gasteiger partial charge in [-0.3, -0.25) is 25.3 Å². The summed E-state index contributed by atoms with van der Waals surface area (Å²) in [5.74, 6) is -1.70. The maximum atomic E-state index is 12.5. The van der Waals surface area contributed by atoms with Crippen LogP contribution in [0.25, 0.3) is 0 Å². The van der Waals surface area contributed by atoms with Crippen molar-refractivity contribution in [3.63, 3.8) is 0 Å². The van der Waals surface area contributed by atoms with Gasteiger partial charge in [0.2, 0.25) is 0 Å². The van der Waals surface area contributed by atoms with Crippen LogP contribution in [0.15, 0.2) is 12.1 Å². The lowest BCUT2D eigenvalue weighted by Crippen LogP contribution is -2.66. The van der Waals surface area contributed by atoms with Gasteiger partial charge in [-0.05, 0) is 50.7 Å². The monoisotopic (exact) mass is 475 g/mol. The van der Waals surface area contributed by atoms with E-state index in [1.54, 1.807) is 19.1 Å². The Morgan fingerprint density at radius 3 is 2.79 bits per heavy atom. The highest BCUT2D eigenvalue weighted by Gasteiger charge is 2.38. The number of nitrogens with zero attached hydrogens (tertiary/aromatic N) is 1. The second kappa shape index (κ2) is 9.78. The average molecular weight is 475 g/mol. The van der Waals surface area contributed by atoms with Gasteiger partial charge < -0.3 is 30.6 Å². The highest BCUT2D eigenvalue weighted by Crippen LogP contribution is 2.37. The molecule has 3 heterocycles. The standard InChI is InChI=1S/C21H30BN5O7/c1-21(23,20(31)26-25-18(28)14-3-2-8-24-14)11-27-9-13(10-27)33-15-5-4-12-6-7-22(32)34-17(12)16(15)19(29)30/h4-5,13-14,24,32H,2-3,6-11,23H2,1H3,(H,25,28)(H,26,31)(H,29,30)/t14-,21?/m0/s1.